The van der Waals surface area contributed by atoms with Crippen molar-refractivity contribution in [2.24, 2.45) is 0 Å². The molecule has 1 aliphatic heterocycles. The predicted octanol–water partition coefficient (Wildman–Crippen LogP) is 3.15. The van der Waals surface area contributed by atoms with Gasteiger partial charge in [0.25, 0.3) is 0 Å². The number of hydrogen-bond donors (Lipinski definition) is 1. The number of carbonyl (C=O) groups is 1. The summed E-state index contributed by atoms with van der Waals surface area (Å²) in [4.78, 5) is 13.3. The largest absolute Gasteiger partial charge is 0.444 e. The molecule has 1 saturated heterocycles. The molecule has 0 atom stereocenters. The highest BCUT2D eigenvalue weighted by Crippen LogP contribution is 2.32. The highest BCUT2D eigenvalue weighted by Gasteiger charge is 2.46. The number of aliphatic hydroxyl groups is 1. The predicted molar refractivity (Wildman–Crippen MR) is 79.5 cm³/mol. The minimum absolute atomic E-state index is 0.284. The molecule has 0 spiro atoms. The molecule has 0 bridgehead atoms. The van der Waals surface area contributed by atoms with Crippen molar-refractivity contribution in [1.29, 1.82) is 0 Å². The van der Waals surface area contributed by atoms with Gasteiger partial charge in [0.15, 0.2) is 0 Å². The van der Waals surface area contributed by atoms with Crippen LogP contribution in [0.15, 0.2) is 30.3 Å². The van der Waals surface area contributed by atoms with Gasteiger partial charge in [0, 0.05) is 0 Å². The van der Waals surface area contributed by atoms with E-state index in [1.54, 1.807) is 0 Å². The number of amides is 1. The molecule has 0 aromatic heterocycles. The molecule has 1 aromatic rings. The summed E-state index contributed by atoms with van der Waals surface area (Å²) in [6.45, 7) is 10.0. The van der Waals surface area contributed by atoms with Crippen molar-refractivity contribution in [3.63, 3.8) is 0 Å². The number of rotatable bonds is 1. The van der Waals surface area contributed by atoms with Crippen molar-refractivity contribution in [2.45, 2.75) is 45.8 Å². The number of likely N-dealkylation sites (tertiary alicyclic amines) is 1. The number of ether oxygens (including phenoxy) is 1. The summed E-state index contributed by atoms with van der Waals surface area (Å²) in [5.41, 5.74) is -0.597. The molecule has 0 aliphatic carbocycles. The van der Waals surface area contributed by atoms with Gasteiger partial charge in [-0.3, -0.25) is 0 Å². The zero-order valence-electron chi connectivity index (χ0n) is 13.0. The van der Waals surface area contributed by atoms with E-state index >= 15 is 0 Å². The van der Waals surface area contributed by atoms with E-state index in [-0.39, 0.29) is 19.2 Å². The first kappa shape index (κ1) is 16.5. The van der Waals surface area contributed by atoms with Crippen LogP contribution in [0.2, 0.25) is 0 Å². The van der Waals surface area contributed by atoms with E-state index in [0.717, 1.165) is 5.56 Å². The third kappa shape index (κ3) is 3.97. The van der Waals surface area contributed by atoms with Gasteiger partial charge in [0.2, 0.25) is 0 Å². The van der Waals surface area contributed by atoms with E-state index in [1.807, 2.05) is 65.0 Å². The third-order valence-electron chi connectivity index (χ3n) is 2.87. The first-order valence-electron chi connectivity index (χ1n) is 7.06. The van der Waals surface area contributed by atoms with Crippen molar-refractivity contribution in [2.75, 3.05) is 13.1 Å². The minimum atomic E-state index is -0.932. The SMILES string of the molecule is CC.CC(C)(C)OC(=O)N1CC(O)(c2ccccc2)C1. The molecule has 0 radical (unpaired) electrons. The highest BCUT2D eigenvalue weighted by molar-refractivity contribution is 5.70. The summed E-state index contributed by atoms with van der Waals surface area (Å²) >= 11 is 0. The maximum atomic E-state index is 11.8. The first-order chi connectivity index (χ1) is 9.30. The van der Waals surface area contributed by atoms with E-state index in [4.69, 9.17) is 4.74 Å². The second kappa shape index (κ2) is 6.27. The Bertz CT molecular complexity index is 431. The van der Waals surface area contributed by atoms with Crippen molar-refractivity contribution < 1.29 is 14.6 Å². The zero-order chi connectivity index (χ0) is 15.4. The van der Waals surface area contributed by atoms with E-state index in [9.17, 15) is 9.90 Å². The molecule has 1 heterocycles. The van der Waals surface area contributed by atoms with Crippen molar-refractivity contribution in [3.8, 4) is 0 Å². The number of hydrogen-bond acceptors (Lipinski definition) is 3. The molecule has 4 nitrogen and oxygen atoms in total. The molecule has 1 N–H and O–H groups in total. The average molecular weight is 279 g/mol. The molecule has 1 aromatic carbocycles. The maximum absolute atomic E-state index is 11.8. The second-order valence-electron chi connectivity index (χ2n) is 5.73. The summed E-state index contributed by atoms with van der Waals surface area (Å²) in [7, 11) is 0. The van der Waals surface area contributed by atoms with Gasteiger partial charge in [0.05, 0.1) is 13.1 Å². The third-order valence-corrected chi connectivity index (χ3v) is 2.87. The molecular formula is C16H25NO3. The Morgan fingerprint density at radius 1 is 1.20 bits per heavy atom. The van der Waals surface area contributed by atoms with Crippen LogP contribution in [0.1, 0.15) is 40.2 Å². The van der Waals surface area contributed by atoms with Crippen LogP contribution in [-0.2, 0) is 10.3 Å². The van der Waals surface area contributed by atoms with Gasteiger partial charge < -0.3 is 14.7 Å². The van der Waals surface area contributed by atoms with Crippen LogP contribution in [0, 0.1) is 0 Å². The average Bonchev–Trinajstić information content (AvgIpc) is 2.36. The Kier molecular flexibility index (Phi) is 5.17. The van der Waals surface area contributed by atoms with E-state index in [2.05, 4.69) is 0 Å². The Hall–Kier alpha value is -1.55. The standard InChI is InChI=1S/C14H19NO3.C2H6/c1-13(2,3)18-12(16)15-9-14(17,10-15)11-7-5-4-6-8-11;1-2/h4-8,17H,9-10H2,1-3H3;1-2H3. The molecule has 112 valence electrons. The van der Waals surface area contributed by atoms with Crippen LogP contribution in [0.4, 0.5) is 4.79 Å². The summed E-state index contributed by atoms with van der Waals surface area (Å²) in [6.07, 6.45) is -0.372. The number of nitrogens with zero attached hydrogens (tertiary/aromatic N) is 1. The maximum Gasteiger partial charge on any atom is 0.410 e. The molecule has 20 heavy (non-hydrogen) atoms. The lowest BCUT2D eigenvalue weighted by Crippen LogP contribution is -2.61. The van der Waals surface area contributed by atoms with Crippen molar-refractivity contribution >= 4 is 6.09 Å². The summed E-state index contributed by atoms with van der Waals surface area (Å²) in [5, 5.41) is 10.3. The number of β-amino-alcohol motifs (C(OH)–C–C–N with tert-alkyl or cyclic N) is 1. The summed E-state index contributed by atoms with van der Waals surface area (Å²) in [6, 6.07) is 9.39. The van der Waals surface area contributed by atoms with Crippen LogP contribution in [0.3, 0.4) is 0 Å². The van der Waals surface area contributed by atoms with Gasteiger partial charge in [0.1, 0.15) is 11.2 Å². The van der Waals surface area contributed by atoms with Gasteiger partial charge in [-0.1, -0.05) is 44.2 Å². The second-order valence-corrected chi connectivity index (χ2v) is 5.73. The molecule has 0 saturated carbocycles. The molecule has 0 unspecified atom stereocenters. The zero-order valence-corrected chi connectivity index (χ0v) is 13.0. The summed E-state index contributed by atoms with van der Waals surface area (Å²) in [5.74, 6) is 0. The van der Waals surface area contributed by atoms with E-state index in [0.29, 0.717) is 0 Å². The van der Waals surface area contributed by atoms with Gasteiger partial charge in [-0.05, 0) is 26.3 Å². The van der Waals surface area contributed by atoms with Crippen LogP contribution in [0.5, 0.6) is 0 Å². The van der Waals surface area contributed by atoms with Gasteiger partial charge in [-0.25, -0.2) is 4.79 Å². The lowest BCUT2D eigenvalue weighted by Gasteiger charge is -2.46. The minimum Gasteiger partial charge on any atom is -0.444 e. The Morgan fingerprint density at radius 3 is 2.15 bits per heavy atom. The van der Waals surface area contributed by atoms with Crippen LogP contribution < -0.4 is 0 Å². The highest BCUT2D eigenvalue weighted by atomic mass is 16.6. The van der Waals surface area contributed by atoms with Gasteiger partial charge >= 0.3 is 6.09 Å². The molecule has 1 amide bonds. The fraction of sp³-hybridized carbons (Fsp3) is 0.562. The Labute approximate surface area is 121 Å². The molecular weight excluding hydrogens is 254 g/mol. The van der Waals surface area contributed by atoms with E-state index < -0.39 is 11.2 Å². The van der Waals surface area contributed by atoms with Crippen molar-refractivity contribution in [3.05, 3.63) is 35.9 Å². The topological polar surface area (TPSA) is 49.8 Å². The Morgan fingerprint density at radius 2 is 1.70 bits per heavy atom. The van der Waals surface area contributed by atoms with Crippen LogP contribution in [-0.4, -0.2) is 34.8 Å². The Balaban J connectivity index is 0.000000956. The molecule has 2 rings (SSSR count). The molecule has 4 heteroatoms. The van der Waals surface area contributed by atoms with Crippen LogP contribution in [0.25, 0.3) is 0 Å². The monoisotopic (exact) mass is 279 g/mol. The fourth-order valence-electron chi connectivity index (χ4n) is 1.97. The first-order valence-corrected chi connectivity index (χ1v) is 7.06. The number of benzene rings is 1. The lowest BCUT2D eigenvalue weighted by molar-refractivity contribution is -0.103. The number of carbonyl (C=O) groups excluding carboxylic acids is 1. The van der Waals surface area contributed by atoms with Gasteiger partial charge in [-0.2, -0.15) is 0 Å². The molecule has 1 aliphatic rings. The summed E-state index contributed by atoms with van der Waals surface area (Å²) < 4.78 is 5.25. The quantitative estimate of drug-likeness (QED) is 0.859. The fourth-order valence-corrected chi connectivity index (χ4v) is 1.97. The van der Waals surface area contributed by atoms with E-state index in [1.165, 1.54) is 4.90 Å². The smallest absolute Gasteiger partial charge is 0.410 e. The van der Waals surface area contributed by atoms with Crippen LogP contribution >= 0.6 is 0 Å². The molecule has 1 fully saturated rings. The van der Waals surface area contributed by atoms with Gasteiger partial charge in [-0.15, -0.1) is 0 Å². The van der Waals surface area contributed by atoms with Crippen molar-refractivity contribution in [1.82, 2.24) is 4.90 Å². The normalized spacial score (nSPS) is 16.6. The lowest BCUT2D eigenvalue weighted by atomic mass is 9.86.